The standard InChI is InChI=1S/C27H26BrClN4O2/c1-2-24(32(15-14-30)26(34)19-8-10-20(28)11-9-19)25-31-23-16-21(29)12-13-22(23)27(35)33(25)17-18-6-4-3-5-7-18/h3-13,16,24H,2,14-15,17,30H2,1H3. The fourth-order valence-electron chi connectivity index (χ4n) is 4.22. The summed E-state index contributed by atoms with van der Waals surface area (Å²) in [6, 6.07) is 21.5. The lowest BCUT2D eigenvalue weighted by molar-refractivity contribution is 0.0664. The van der Waals surface area contributed by atoms with Gasteiger partial charge in [-0.2, -0.15) is 0 Å². The van der Waals surface area contributed by atoms with E-state index in [0.29, 0.717) is 46.8 Å². The molecule has 1 unspecified atom stereocenters. The lowest BCUT2D eigenvalue weighted by Crippen LogP contribution is -2.41. The van der Waals surface area contributed by atoms with Crippen molar-refractivity contribution in [3.05, 3.63) is 110 Å². The molecule has 0 bridgehead atoms. The molecule has 3 aromatic carbocycles. The van der Waals surface area contributed by atoms with Crippen molar-refractivity contribution in [2.75, 3.05) is 13.1 Å². The largest absolute Gasteiger partial charge is 0.329 e. The Bertz CT molecular complexity index is 1390. The van der Waals surface area contributed by atoms with E-state index in [1.165, 1.54) is 0 Å². The first-order valence-electron chi connectivity index (χ1n) is 11.4. The lowest BCUT2D eigenvalue weighted by atomic mass is 10.1. The third-order valence-corrected chi connectivity index (χ3v) is 6.68. The predicted octanol–water partition coefficient (Wildman–Crippen LogP) is 5.41. The number of aromatic nitrogens is 2. The van der Waals surface area contributed by atoms with E-state index in [9.17, 15) is 9.59 Å². The molecule has 0 fully saturated rings. The Morgan fingerprint density at radius 2 is 1.83 bits per heavy atom. The Morgan fingerprint density at radius 1 is 1.11 bits per heavy atom. The number of nitrogens with two attached hydrogens (primary N) is 1. The van der Waals surface area contributed by atoms with Gasteiger partial charge in [0.05, 0.1) is 23.5 Å². The van der Waals surface area contributed by atoms with Crippen LogP contribution < -0.4 is 11.3 Å². The highest BCUT2D eigenvalue weighted by Crippen LogP contribution is 2.27. The highest BCUT2D eigenvalue weighted by molar-refractivity contribution is 9.10. The highest BCUT2D eigenvalue weighted by Gasteiger charge is 2.29. The van der Waals surface area contributed by atoms with E-state index in [1.54, 1.807) is 39.8 Å². The van der Waals surface area contributed by atoms with E-state index in [-0.39, 0.29) is 18.0 Å². The third-order valence-electron chi connectivity index (χ3n) is 5.91. The number of nitrogens with zero attached hydrogens (tertiary/aromatic N) is 3. The van der Waals surface area contributed by atoms with Gasteiger partial charge in [0.1, 0.15) is 5.82 Å². The molecule has 1 aromatic heterocycles. The lowest BCUT2D eigenvalue weighted by Gasteiger charge is -2.32. The van der Waals surface area contributed by atoms with Crippen molar-refractivity contribution in [2.24, 2.45) is 5.73 Å². The van der Waals surface area contributed by atoms with Crippen LogP contribution in [0.5, 0.6) is 0 Å². The number of carbonyl (C=O) groups excluding carboxylic acids is 1. The fraction of sp³-hybridized carbons (Fsp3) is 0.222. The maximum Gasteiger partial charge on any atom is 0.261 e. The summed E-state index contributed by atoms with van der Waals surface area (Å²) >= 11 is 9.64. The fourth-order valence-corrected chi connectivity index (χ4v) is 4.65. The summed E-state index contributed by atoms with van der Waals surface area (Å²) in [5, 5.41) is 0.975. The minimum atomic E-state index is -0.463. The van der Waals surface area contributed by atoms with Crippen LogP contribution in [-0.2, 0) is 6.54 Å². The summed E-state index contributed by atoms with van der Waals surface area (Å²) in [7, 11) is 0. The first-order valence-corrected chi connectivity index (χ1v) is 12.6. The minimum absolute atomic E-state index is 0.165. The minimum Gasteiger partial charge on any atom is -0.329 e. The molecule has 0 aliphatic rings. The summed E-state index contributed by atoms with van der Waals surface area (Å²) in [5.41, 5.74) is 7.77. The van der Waals surface area contributed by atoms with Gasteiger partial charge in [-0.05, 0) is 54.4 Å². The topological polar surface area (TPSA) is 81.2 Å². The summed E-state index contributed by atoms with van der Waals surface area (Å²) in [6.45, 7) is 2.91. The molecule has 6 nitrogen and oxygen atoms in total. The van der Waals surface area contributed by atoms with Crippen LogP contribution in [0.4, 0.5) is 0 Å². The molecule has 1 heterocycles. The van der Waals surface area contributed by atoms with Gasteiger partial charge >= 0.3 is 0 Å². The summed E-state index contributed by atoms with van der Waals surface area (Å²) in [5.74, 6) is 0.344. The molecule has 0 saturated carbocycles. The van der Waals surface area contributed by atoms with Crippen LogP contribution >= 0.6 is 27.5 Å². The molecule has 180 valence electrons. The van der Waals surface area contributed by atoms with Crippen LogP contribution in [0, 0.1) is 0 Å². The van der Waals surface area contributed by atoms with Crippen molar-refractivity contribution < 1.29 is 4.79 Å². The molecule has 2 N–H and O–H groups in total. The number of hydrogen-bond acceptors (Lipinski definition) is 4. The zero-order valence-corrected chi connectivity index (χ0v) is 21.7. The second-order valence-corrected chi connectivity index (χ2v) is 9.58. The number of halogens is 2. The number of hydrogen-bond donors (Lipinski definition) is 1. The van der Waals surface area contributed by atoms with Gasteiger partial charge in [0, 0.05) is 28.1 Å². The van der Waals surface area contributed by atoms with Gasteiger partial charge in [-0.1, -0.05) is 64.8 Å². The molecule has 4 rings (SSSR count). The van der Waals surface area contributed by atoms with Gasteiger partial charge in [-0.15, -0.1) is 0 Å². The number of benzene rings is 3. The van der Waals surface area contributed by atoms with Gasteiger partial charge < -0.3 is 10.6 Å². The van der Waals surface area contributed by atoms with Gasteiger partial charge in [0.25, 0.3) is 11.5 Å². The zero-order valence-electron chi connectivity index (χ0n) is 19.3. The van der Waals surface area contributed by atoms with E-state index in [2.05, 4.69) is 15.9 Å². The van der Waals surface area contributed by atoms with Gasteiger partial charge in [0.15, 0.2) is 0 Å². The normalized spacial score (nSPS) is 12.0. The van der Waals surface area contributed by atoms with Crippen LogP contribution in [0.15, 0.2) is 82.1 Å². The van der Waals surface area contributed by atoms with Gasteiger partial charge in [-0.25, -0.2) is 4.98 Å². The zero-order chi connectivity index (χ0) is 24.9. The summed E-state index contributed by atoms with van der Waals surface area (Å²) in [4.78, 5) is 33.9. The molecular formula is C27H26BrClN4O2. The number of amides is 1. The number of rotatable bonds is 8. The second-order valence-electron chi connectivity index (χ2n) is 8.23. The van der Waals surface area contributed by atoms with Crippen LogP contribution in [0.1, 0.15) is 41.1 Å². The number of fused-ring (bicyclic) bond motifs is 1. The molecule has 0 aliphatic carbocycles. The number of carbonyl (C=O) groups is 1. The Hall–Kier alpha value is -3.00. The average Bonchev–Trinajstić information content (AvgIpc) is 2.86. The Labute approximate surface area is 217 Å². The first-order chi connectivity index (χ1) is 16.9. The Morgan fingerprint density at radius 3 is 2.49 bits per heavy atom. The van der Waals surface area contributed by atoms with Crippen molar-refractivity contribution in [3.8, 4) is 0 Å². The van der Waals surface area contributed by atoms with E-state index in [1.807, 2.05) is 49.4 Å². The van der Waals surface area contributed by atoms with E-state index >= 15 is 0 Å². The molecule has 35 heavy (non-hydrogen) atoms. The maximum absolute atomic E-state index is 13.7. The van der Waals surface area contributed by atoms with Crippen molar-refractivity contribution in [1.29, 1.82) is 0 Å². The molecular weight excluding hydrogens is 528 g/mol. The van der Waals surface area contributed by atoms with E-state index < -0.39 is 6.04 Å². The van der Waals surface area contributed by atoms with Crippen LogP contribution in [0.3, 0.4) is 0 Å². The van der Waals surface area contributed by atoms with Gasteiger partial charge in [-0.3, -0.25) is 14.2 Å². The molecule has 8 heteroatoms. The molecule has 4 aromatic rings. The second kappa shape index (κ2) is 11.2. The Kier molecular flexibility index (Phi) is 8.00. The van der Waals surface area contributed by atoms with Gasteiger partial charge in [0.2, 0.25) is 0 Å². The quantitative estimate of drug-likeness (QED) is 0.316. The predicted molar refractivity (Wildman–Crippen MR) is 144 cm³/mol. The van der Waals surface area contributed by atoms with Crippen LogP contribution in [-0.4, -0.2) is 33.4 Å². The van der Waals surface area contributed by atoms with Crippen molar-refractivity contribution >= 4 is 44.3 Å². The molecule has 1 amide bonds. The van der Waals surface area contributed by atoms with E-state index in [0.717, 1.165) is 10.0 Å². The average molecular weight is 554 g/mol. The molecule has 0 aliphatic heterocycles. The van der Waals surface area contributed by atoms with Crippen molar-refractivity contribution in [3.63, 3.8) is 0 Å². The highest BCUT2D eigenvalue weighted by atomic mass is 79.9. The Balaban J connectivity index is 1.89. The molecule has 0 spiro atoms. The smallest absolute Gasteiger partial charge is 0.261 e. The molecule has 0 radical (unpaired) electrons. The van der Waals surface area contributed by atoms with Crippen molar-refractivity contribution in [2.45, 2.75) is 25.9 Å². The van der Waals surface area contributed by atoms with E-state index in [4.69, 9.17) is 22.3 Å². The van der Waals surface area contributed by atoms with Crippen molar-refractivity contribution in [1.82, 2.24) is 14.5 Å². The summed E-state index contributed by atoms with van der Waals surface area (Å²) < 4.78 is 2.55. The van der Waals surface area contributed by atoms with Crippen LogP contribution in [0.25, 0.3) is 10.9 Å². The SMILES string of the molecule is CCC(c1nc2cc(Cl)ccc2c(=O)n1Cc1ccccc1)N(CCN)C(=O)c1ccc(Br)cc1. The maximum atomic E-state index is 13.7. The molecule has 1 atom stereocenters. The monoisotopic (exact) mass is 552 g/mol. The van der Waals surface area contributed by atoms with Crippen LogP contribution in [0.2, 0.25) is 5.02 Å². The third kappa shape index (κ3) is 5.48. The molecule has 0 saturated heterocycles. The summed E-state index contributed by atoms with van der Waals surface area (Å²) in [6.07, 6.45) is 0.551. The first kappa shape index (κ1) is 25.1.